The van der Waals surface area contributed by atoms with Crippen LogP contribution in [-0.2, 0) is 6.18 Å². The van der Waals surface area contributed by atoms with Crippen molar-refractivity contribution in [3.63, 3.8) is 0 Å². The maximum atomic E-state index is 13.2. The van der Waals surface area contributed by atoms with Crippen molar-refractivity contribution in [1.29, 1.82) is 0 Å². The summed E-state index contributed by atoms with van der Waals surface area (Å²) in [5.41, 5.74) is 5.14. The molecule has 2 aromatic heterocycles. The Balaban J connectivity index is 1.67. The molecule has 0 saturated carbocycles. The molecule has 1 aliphatic heterocycles. The van der Waals surface area contributed by atoms with Crippen LogP contribution in [0.4, 0.5) is 18.0 Å². The highest BCUT2D eigenvalue weighted by molar-refractivity contribution is 5.98. The van der Waals surface area contributed by atoms with E-state index in [0.717, 1.165) is 6.07 Å². The minimum atomic E-state index is -4.64. The van der Waals surface area contributed by atoms with Crippen LogP contribution in [0.1, 0.15) is 34.9 Å². The van der Waals surface area contributed by atoms with Crippen LogP contribution in [0.5, 0.6) is 5.75 Å². The zero-order valence-electron chi connectivity index (χ0n) is 18.9. The highest BCUT2D eigenvalue weighted by Gasteiger charge is 2.33. The number of benzene rings is 1. The molecule has 3 aromatic rings. The van der Waals surface area contributed by atoms with Gasteiger partial charge < -0.3 is 30.4 Å². The summed E-state index contributed by atoms with van der Waals surface area (Å²) >= 11 is 0. The number of rotatable bonds is 7. The van der Waals surface area contributed by atoms with Gasteiger partial charge in [-0.2, -0.15) is 13.2 Å². The predicted molar refractivity (Wildman–Crippen MR) is 119 cm³/mol. The summed E-state index contributed by atoms with van der Waals surface area (Å²) in [5.74, 6) is -0.309. The molecule has 4 N–H and O–H groups in total. The minimum absolute atomic E-state index is 0.00409. The van der Waals surface area contributed by atoms with Crippen LogP contribution < -0.4 is 21.1 Å². The number of oxazole rings is 1. The number of nitrogens with one attached hydrogen (secondary N) is 2. The fraction of sp³-hybridized carbons (Fsp3) is 0.364. The number of methoxy groups -OCH3 is 1. The Morgan fingerprint density at radius 2 is 2.09 bits per heavy atom. The number of carbonyl (C=O) groups excluding carboxylic acids is 2. The van der Waals surface area contributed by atoms with Crippen molar-refractivity contribution in [2.45, 2.75) is 19.1 Å². The number of fused-ring (bicyclic) bond motifs is 1. The zero-order chi connectivity index (χ0) is 25.3. The normalized spacial score (nSPS) is 14.8. The van der Waals surface area contributed by atoms with E-state index in [1.165, 1.54) is 19.2 Å². The van der Waals surface area contributed by atoms with Crippen LogP contribution >= 0.6 is 0 Å². The van der Waals surface area contributed by atoms with Crippen molar-refractivity contribution >= 4 is 22.8 Å². The molecule has 0 spiro atoms. The molecule has 0 aliphatic carbocycles. The number of nitrogens with two attached hydrogens (primary N) is 1. The Hall–Kier alpha value is -3.87. The van der Waals surface area contributed by atoms with Gasteiger partial charge in [0.1, 0.15) is 17.0 Å². The summed E-state index contributed by atoms with van der Waals surface area (Å²) in [6.07, 6.45) is -4.64. The van der Waals surface area contributed by atoms with Gasteiger partial charge in [-0.05, 0) is 31.2 Å². The van der Waals surface area contributed by atoms with Gasteiger partial charge in [0, 0.05) is 37.1 Å². The van der Waals surface area contributed by atoms with Gasteiger partial charge in [-0.1, -0.05) is 0 Å². The maximum Gasteiger partial charge on any atom is 0.433 e. The van der Waals surface area contributed by atoms with Crippen molar-refractivity contribution in [2.75, 3.05) is 33.3 Å². The summed E-state index contributed by atoms with van der Waals surface area (Å²) < 4.78 is 50.6. The molecule has 0 unspecified atom stereocenters. The molecule has 3 heterocycles. The van der Waals surface area contributed by atoms with E-state index < -0.39 is 23.8 Å². The lowest BCUT2D eigenvalue weighted by Gasteiger charge is -2.14. The molecule has 1 saturated heterocycles. The van der Waals surface area contributed by atoms with E-state index in [2.05, 4.69) is 20.6 Å². The summed E-state index contributed by atoms with van der Waals surface area (Å²) in [6.45, 7) is 3.19. The number of hydrogen-bond acceptors (Lipinski definition) is 7. The van der Waals surface area contributed by atoms with E-state index in [0.29, 0.717) is 30.6 Å². The molecule has 1 fully saturated rings. The second kappa shape index (κ2) is 9.41. The number of urea groups is 1. The molecule has 10 nitrogen and oxygen atoms in total. The molecular weight excluding hydrogens is 469 g/mol. The molecular formula is C22H23F3N6O4. The summed E-state index contributed by atoms with van der Waals surface area (Å²) in [7, 11) is 1.32. The molecule has 13 heteroatoms. The number of nitrogens with zero attached hydrogens (tertiary/aromatic N) is 3. The number of hydrogen-bond donors (Lipinski definition) is 3. The first kappa shape index (κ1) is 24.3. The molecule has 1 aromatic carbocycles. The van der Waals surface area contributed by atoms with E-state index in [4.69, 9.17) is 14.9 Å². The zero-order valence-corrected chi connectivity index (χ0v) is 18.9. The Bertz CT molecular complexity index is 1270. The summed E-state index contributed by atoms with van der Waals surface area (Å²) in [4.78, 5) is 34.0. The van der Waals surface area contributed by atoms with Crippen LogP contribution in [-0.4, -0.2) is 60.1 Å². The molecule has 186 valence electrons. The van der Waals surface area contributed by atoms with Gasteiger partial charge in [0.05, 0.1) is 13.2 Å². The van der Waals surface area contributed by atoms with Gasteiger partial charge in [0.25, 0.3) is 5.91 Å². The van der Waals surface area contributed by atoms with E-state index in [1.807, 2.05) is 0 Å². The Morgan fingerprint density at radius 1 is 1.31 bits per heavy atom. The van der Waals surface area contributed by atoms with Gasteiger partial charge in [0.15, 0.2) is 11.5 Å². The molecule has 1 aliphatic rings. The van der Waals surface area contributed by atoms with E-state index in [-0.39, 0.29) is 41.2 Å². The van der Waals surface area contributed by atoms with Crippen LogP contribution in [0.25, 0.3) is 22.4 Å². The van der Waals surface area contributed by atoms with Gasteiger partial charge in [-0.3, -0.25) is 4.79 Å². The lowest BCUT2D eigenvalue weighted by Crippen LogP contribution is -2.37. The molecule has 4 rings (SSSR count). The Labute approximate surface area is 197 Å². The van der Waals surface area contributed by atoms with Crippen molar-refractivity contribution in [3.05, 3.63) is 41.4 Å². The van der Waals surface area contributed by atoms with Crippen LogP contribution in [0.15, 0.2) is 28.7 Å². The molecule has 35 heavy (non-hydrogen) atoms. The van der Waals surface area contributed by atoms with Crippen molar-refractivity contribution < 1.29 is 31.9 Å². The van der Waals surface area contributed by atoms with Gasteiger partial charge in [-0.25, -0.2) is 14.8 Å². The van der Waals surface area contributed by atoms with Gasteiger partial charge >= 0.3 is 12.2 Å². The fourth-order valence-electron chi connectivity index (χ4n) is 3.73. The average Bonchev–Trinajstić information content (AvgIpc) is 3.44. The highest BCUT2D eigenvalue weighted by Crippen LogP contribution is 2.37. The fourth-order valence-corrected chi connectivity index (χ4v) is 3.73. The first-order valence-electron chi connectivity index (χ1n) is 10.7. The number of halogens is 3. The number of alkyl halides is 3. The number of aromatic nitrogens is 2. The maximum absolute atomic E-state index is 13.2. The first-order valence-corrected chi connectivity index (χ1v) is 10.7. The van der Waals surface area contributed by atoms with Gasteiger partial charge in [0.2, 0.25) is 5.89 Å². The van der Waals surface area contributed by atoms with Crippen LogP contribution in [0, 0.1) is 0 Å². The first-order chi connectivity index (χ1) is 16.6. The standard InChI is InChI=1S/C22H23F3N6O4/c1-11(26)18-17(19(32)27-7-9-31-10-8-28-21(31)33)30-20(35-18)13-3-5-14(34-2)16-12(13)4-6-15(29-16)22(23,24)25/h3-6,11H,7-10,26H2,1-2H3,(H,27,32)(H,28,33)/t11-/m0/s1. The Kier molecular flexibility index (Phi) is 6.52. The third-order valence-corrected chi connectivity index (χ3v) is 5.46. The second-order valence-electron chi connectivity index (χ2n) is 7.90. The van der Waals surface area contributed by atoms with E-state index in [1.54, 1.807) is 17.9 Å². The molecule has 0 radical (unpaired) electrons. The van der Waals surface area contributed by atoms with Crippen LogP contribution in [0.3, 0.4) is 0 Å². The third-order valence-electron chi connectivity index (χ3n) is 5.46. The highest BCUT2D eigenvalue weighted by atomic mass is 19.4. The van der Waals surface area contributed by atoms with Crippen molar-refractivity contribution in [3.8, 4) is 17.2 Å². The van der Waals surface area contributed by atoms with Crippen LogP contribution in [0.2, 0.25) is 0 Å². The SMILES string of the molecule is COc1ccc(-c2nc(C(=O)NCCN3CCNC3=O)c([C@H](C)N)o2)c2ccc(C(F)(F)F)nc12. The van der Waals surface area contributed by atoms with E-state index in [9.17, 15) is 22.8 Å². The number of carbonyl (C=O) groups is 2. The number of amides is 3. The van der Waals surface area contributed by atoms with Crippen molar-refractivity contribution in [1.82, 2.24) is 25.5 Å². The lowest BCUT2D eigenvalue weighted by molar-refractivity contribution is -0.140. The summed E-state index contributed by atoms with van der Waals surface area (Å²) in [5, 5.41) is 5.66. The second-order valence-corrected chi connectivity index (χ2v) is 7.90. The molecule has 3 amide bonds. The number of ether oxygens (including phenoxy) is 1. The average molecular weight is 492 g/mol. The third kappa shape index (κ3) is 4.85. The quantitative estimate of drug-likeness (QED) is 0.461. The smallest absolute Gasteiger partial charge is 0.433 e. The Morgan fingerprint density at radius 3 is 2.71 bits per heavy atom. The van der Waals surface area contributed by atoms with Gasteiger partial charge in [-0.15, -0.1) is 0 Å². The monoisotopic (exact) mass is 492 g/mol. The minimum Gasteiger partial charge on any atom is -0.494 e. The lowest BCUT2D eigenvalue weighted by atomic mass is 10.1. The summed E-state index contributed by atoms with van der Waals surface area (Å²) in [6, 6.07) is 4.21. The molecule has 1 atom stereocenters. The van der Waals surface area contributed by atoms with E-state index >= 15 is 0 Å². The predicted octanol–water partition coefficient (Wildman–Crippen LogP) is 2.69. The topological polar surface area (TPSA) is 136 Å². The largest absolute Gasteiger partial charge is 0.494 e. The number of pyridine rings is 1. The van der Waals surface area contributed by atoms with Crippen molar-refractivity contribution in [2.24, 2.45) is 5.73 Å². The molecule has 0 bridgehead atoms.